The van der Waals surface area contributed by atoms with E-state index in [0.717, 1.165) is 18.2 Å². The molecule has 0 saturated heterocycles. The fraction of sp³-hybridized carbons (Fsp3) is 0.400. The molecule has 0 spiro atoms. The Balaban J connectivity index is 3.21. The van der Waals surface area contributed by atoms with Crippen LogP contribution in [-0.2, 0) is 6.18 Å². The van der Waals surface area contributed by atoms with E-state index in [1.54, 1.807) is 0 Å². The molecule has 3 N–H and O–H groups in total. The van der Waals surface area contributed by atoms with Crippen LogP contribution in [0.2, 0.25) is 0 Å². The number of alkyl halides is 3. The van der Waals surface area contributed by atoms with Crippen LogP contribution in [0.15, 0.2) is 18.2 Å². The predicted molar refractivity (Wildman–Crippen MR) is 52.0 cm³/mol. The van der Waals surface area contributed by atoms with E-state index < -0.39 is 17.8 Å². The van der Waals surface area contributed by atoms with E-state index in [1.165, 1.54) is 7.11 Å². The van der Waals surface area contributed by atoms with Crippen LogP contribution in [0.4, 0.5) is 13.2 Å². The topological polar surface area (TPSA) is 55.5 Å². The monoisotopic (exact) mass is 235 g/mol. The Hall–Kier alpha value is -1.27. The van der Waals surface area contributed by atoms with Crippen LogP contribution < -0.4 is 10.5 Å². The smallest absolute Gasteiger partial charge is 0.416 e. The van der Waals surface area contributed by atoms with E-state index in [-0.39, 0.29) is 17.9 Å². The molecule has 0 aliphatic carbocycles. The number of rotatable bonds is 3. The number of benzene rings is 1. The van der Waals surface area contributed by atoms with Crippen LogP contribution in [0, 0.1) is 0 Å². The zero-order chi connectivity index (χ0) is 12.3. The fourth-order valence-electron chi connectivity index (χ4n) is 1.30. The standard InChI is InChI=1S/C10H12F3NO2/c1-16-9-3-2-6(10(11,12)13)4-7(9)8(15)5-14/h2-4,8,15H,5,14H2,1H3/t8-/m1/s1. The van der Waals surface area contributed by atoms with E-state index in [9.17, 15) is 18.3 Å². The van der Waals surface area contributed by atoms with Gasteiger partial charge in [0.15, 0.2) is 0 Å². The largest absolute Gasteiger partial charge is 0.496 e. The highest BCUT2D eigenvalue weighted by Gasteiger charge is 2.31. The third kappa shape index (κ3) is 2.65. The Morgan fingerprint density at radius 1 is 1.44 bits per heavy atom. The fourth-order valence-corrected chi connectivity index (χ4v) is 1.30. The summed E-state index contributed by atoms with van der Waals surface area (Å²) in [6, 6.07) is 2.90. The molecule has 1 aromatic carbocycles. The van der Waals surface area contributed by atoms with Crippen LogP contribution in [0.25, 0.3) is 0 Å². The van der Waals surface area contributed by atoms with Gasteiger partial charge in [0.25, 0.3) is 0 Å². The van der Waals surface area contributed by atoms with Crippen LogP contribution >= 0.6 is 0 Å². The van der Waals surface area contributed by atoms with E-state index in [1.807, 2.05) is 0 Å². The van der Waals surface area contributed by atoms with Crippen molar-refractivity contribution in [2.75, 3.05) is 13.7 Å². The van der Waals surface area contributed by atoms with Crippen molar-refractivity contribution in [1.82, 2.24) is 0 Å². The van der Waals surface area contributed by atoms with Gasteiger partial charge in [-0.3, -0.25) is 0 Å². The number of aliphatic hydroxyl groups excluding tert-OH is 1. The molecule has 0 bridgehead atoms. The molecule has 1 aromatic rings. The van der Waals surface area contributed by atoms with Gasteiger partial charge in [0.05, 0.1) is 18.8 Å². The van der Waals surface area contributed by atoms with E-state index in [2.05, 4.69) is 0 Å². The molecule has 1 rings (SSSR count). The normalized spacial score (nSPS) is 13.6. The van der Waals surface area contributed by atoms with Crippen molar-refractivity contribution in [2.45, 2.75) is 12.3 Å². The zero-order valence-electron chi connectivity index (χ0n) is 8.58. The van der Waals surface area contributed by atoms with Gasteiger partial charge in [0.1, 0.15) is 5.75 Å². The number of halogens is 3. The molecule has 0 radical (unpaired) electrons. The number of nitrogens with two attached hydrogens (primary N) is 1. The lowest BCUT2D eigenvalue weighted by molar-refractivity contribution is -0.137. The lowest BCUT2D eigenvalue weighted by atomic mass is 10.0. The number of aliphatic hydroxyl groups is 1. The zero-order valence-corrected chi connectivity index (χ0v) is 8.58. The Bertz CT molecular complexity index is 366. The quantitative estimate of drug-likeness (QED) is 0.838. The molecule has 0 unspecified atom stereocenters. The lowest BCUT2D eigenvalue weighted by Crippen LogP contribution is -2.14. The number of ether oxygens (including phenoxy) is 1. The van der Waals surface area contributed by atoms with Crippen molar-refractivity contribution in [2.24, 2.45) is 5.73 Å². The van der Waals surface area contributed by atoms with Gasteiger partial charge in [-0.1, -0.05) is 0 Å². The van der Waals surface area contributed by atoms with E-state index in [4.69, 9.17) is 10.5 Å². The maximum Gasteiger partial charge on any atom is 0.416 e. The summed E-state index contributed by atoms with van der Waals surface area (Å²) in [5.41, 5.74) is 4.40. The Kier molecular flexibility index (Phi) is 3.77. The number of hydrogen-bond donors (Lipinski definition) is 2. The second-order valence-electron chi connectivity index (χ2n) is 3.21. The average Bonchev–Trinajstić information content (AvgIpc) is 2.25. The second-order valence-corrected chi connectivity index (χ2v) is 3.21. The van der Waals surface area contributed by atoms with Gasteiger partial charge in [-0.05, 0) is 18.2 Å². The highest BCUT2D eigenvalue weighted by atomic mass is 19.4. The first-order chi connectivity index (χ1) is 7.40. The molecule has 16 heavy (non-hydrogen) atoms. The number of hydrogen-bond acceptors (Lipinski definition) is 3. The first kappa shape index (κ1) is 12.8. The SMILES string of the molecule is COc1ccc(C(F)(F)F)cc1[C@H](O)CN. The molecule has 3 nitrogen and oxygen atoms in total. The summed E-state index contributed by atoms with van der Waals surface area (Å²) >= 11 is 0. The summed E-state index contributed by atoms with van der Waals surface area (Å²) in [4.78, 5) is 0. The molecule has 0 heterocycles. The minimum Gasteiger partial charge on any atom is -0.496 e. The summed E-state index contributed by atoms with van der Waals surface area (Å²) in [6.45, 7) is -0.169. The third-order valence-corrected chi connectivity index (χ3v) is 2.14. The molecule has 90 valence electrons. The van der Waals surface area contributed by atoms with Gasteiger partial charge in [0, 0.05) is 12.1 Å². The maximum absolute atomic E-state index is 12.4. The molecule has 0 aliphatic heterocycles. The minimum atomic E-state index is -4.45. The molecule has 0 aromatic heterocycles. The highest BCUT2D eigenvalue weighted by molar-refractivity contribution is 5.39. The Labute approximate surface area is 90.6 Å². The maximum atomic E-state index is 12.4. The Morgan fingerprint density at radius 2 is 2.06 bits per heavy atom. The molecular weight excluding hydrogens is 223 g/mol. The van der Waals surface area contributed by atoms with Crippen molar-refractivity contribution < 1.29 is 23.0 Å². The minimum absolute atomic E-state index is 0.0415. The number of methoxy groups -OCH3 is 1. The molecular formula is C10H12F3NO2. The molecule has 0 fully saturated rings. The van der Waals surface area contributed by atoms with Crippen LogP contribution in [0.1, 0.15) is 17.2 Å². The second kappa shape index (κ2) is 4.71. The third-order valence-electron chi connectivity index (χ3n) is 2.14. The van der Waals surface area contributed by atoms with Gasteiger partial charge in [0.2, 0.25) is 0 Å². The molecule has 0 aliphatic rings. The van der Waals surface area contributed by atoms with Gasteiger partial charge >= 0.3 is 6.18 Å². The van der Waals surface area contributed by atoms with Crippen molar-refractivity contribution in [3.05, 3.63) is 29.3 Å². The summed E-state index contributed by atoms with van der Waals surface area (Å²) in [5.74, 6) is 0.186. The highest BCUT2D eigenvalue weighted by Crippen LogP contribution is 2.34. The Morgan fingerprint density at radius 3 is 2.50 bits per heavy atom. The summed E-state index contributed by atoms with van der Waals surface area (Å²) in [5, 5.41) is 9.46. The summed E-state index contributed by atoms with van der Waals surface area (Å²) in [7, 11) is 1.31. The van der Waals surface area contributed by atoms with Crippen LogP contribution in [0.3, 0.4) is 0 Å². The van der Waals surface area contributed by atoms with E-state index in [0.29, 0.717) is 0 Å². The van der Waals surface area contributed by atoms with Crippen LogP contribution in [-0.4, -0.2) is 18.8 Å². The molecule has 1 atom stereocenters. The summed E-state index contributed by atoms with van der Waals surface area (Å²) in [6.07, 6.45) is -5.62. The molecule has 6 heteroatoms. The van der Waals surface area contributed by atoms with Crippen molar-refractivity contribution in [1.29, 1.82) is 0 Å². The predicted octanol–water partition coefficient (Wildman–Crippen LogP) is 1.71. The lowest BCUT2D eigenvalue weighted by Gasteiger charge is -2.15. The average molecular weight is 235 g/mol. The van der Waals surface area contributed by atoms with Crippen molar-refractivity contribution >= 4 is 0 Å². The van der Waals surface area contributed by atoms with Gasteiger partial charge in [-0.2, -0.15) is 13.2 Å². The van der Waals surface area contributed by atoms with Crippen LogP contribution in [0.5, 0.6) is 5.75 Å². The first-order valence-electron chi connectivity index (χ1n) is 4.53. The first-order valence-corrected chi connectivity index (χ1v) is 4.53. The van der Waals surface area contributed by atoms with Gasteiger partial charge in [-0.25, -0.2) is 0 Å². The molecule has 0 amide bonds. The van der Waals surface area contributed by atoms with Gasteiger partial charge < -0.3 is 15.6 Å². The van der Waals surface area contributed by atoms with Crippen molar-refractivity contribution in [3.63, 3.8) is 0 Å². The van der Waals surface area contributed by atoms with Crippen molar-refractivity contribution in [3.8, 4) is 5.75 Å². The molecule has 0 saturated carbocycles. The van der Waals surface area contributed by atoms with Gasteiger partial charge in [-0.15, -0.1) is 0 Å². The van der Waals surface area contributed by atoms with E-state index >= 15 is 0 Å². The summed E-state index contributed by atoms with van der Waals surface area (Å²) < 4.78 is 42.1.